The zero-order valence-corrected chi connectivity index (χ0v) is 51.3. The predicted molar refractivity (Wildman–Crippen MR) is 310 cm³/mol. The number of allylic oxidation sites excluding steroid dienone is 4. The van der Waals surface area contributed by atoms with Crippen molar-refractivity contribution in [3.05, 3.63) is 66.0 Å². The third kappa shape index (κ3) is 18.0. The molecular weight excluding hydrogens is 1070 g/mol. The van der Waals surface area contributed by atoms with Gasteiger partial charge in [0.25, 0.3) is 17.6 Å². The highest BCUT2D eigenvalue weighted by molar-refractivity contribution is 6.39. The zero-order valence-electron chi connectivity index (χ0n) is 51.3. The molecule has 0 spiro atoms. The average Bonchev–Trinajstić information content (AvgIpc) is 4.04. The SMILES string of the molecule is C=CC[C@@H]1/C=C(\C)C[C@H](C)C[C@H](OC)[C@H]2O[C@@](O)(C(=O)C(=O)N3CCCC[C@H]3C(=O)O[C@H](/C(C)=C/[C@@H]3CC[C@@H](O)[C@H](OC)C3)[C@H](C)[C@@H](O)CC1=O)[C@H](C)C[C@@H]2OC.CCC(C)(C)C(=O)C(=O)N1CCCC1C(=O)OCCCc1cccnc1. The Bertz CT molecular complexity index is 2430. The minimum atomic E-state index is -2.51. The van der Waals surface area contributed by atoms with E-state index in [0.717, 1.165) is 17.6 Å². The van der Waals surface area contributed by atoms with Gasteiger partial charge in [0.2, 0.25) is 11.6 Å². The Hall–Kier alpha value is -5.02. The molecule has 464 valence electrons. The van der Waals surface area contributed by atoms with Crippen LogP contribution in [0.15, 0.2) is 60.5 Å². The molecular formula is C64H97N3O16. The van der Waals surface area contributed by atoms with Crippen LogP contribution in [0.5, 0.6) is 0 Å². The summed E-state index contributed by atoms with van der Waals surface area (Å²) >= 11 is 0. The van der Waals surface area contributed by atoms with Crippen LogP contribution >= 0.6 is 0 Å². The first-order valence-corrected chi connectivity index (χ1v) is 30.2. The van der Waals surface area contributed by atoms with Crippen molar-refractivity contribution in [3.63, 3.8) is 0 Å². The van der Waals surface area contributed by atoms with Crippen LogP contribution in [0.4, 0.5) is 0 Å². The molecule has 5 heterocycles. The molecule has 1 aromatic heterocycles. The average molecular weight is 1160 g/mol. The molecule has 19 heteroatoms. The molecule has 4 aliphatic heterocycles. The lowest BCUT2D eigenvalue weighted by atomic mass is 9.81. The lowest BCUT2D eigenvalue weighted by Crippen LogP contribution is -2.64. The molecule has 0 aromatic carbocycles. The van der Waals surface area contributed by atoms with Crippen LogP contribution in [0, 0.1) is 35.0 Å². The highest BCUT2D eigenvalue weighted by Crippen LogP contribution is 2.40. The first-order chi connectivity index (χ1) is 39.3. The number of aliphatic hydroxyl groups excluding tert-OH is 2. The number of amides is 2. The predicted octanol–water partition coefficient (Wildman–Crippen LogP) is 7.19. The largest absolute Gasteiger partial charge is 0.464 e. The van der Waals surface area contributed by atoms with E-state index in [1.165, 1.54) is 24.0 Å². The number of nitrogens with zero attached hydrogens (tertiary/aromatic N) is 3. The summed E-state index contributed by atoms with van der Waals surface area (Å²) in [6.07, 6.45) is 11.7. The number of pyridine rings is 1. The van der Waals surface area contributed by atoms with E-state index in [0.29, 0.717) is 95.8 Å². The summed E-state index contributed by atoms with van der Waals surface area (Å²) in [6.45, 7) is 19.2. The van der Waals surface area contributed by atoms with Crippen molar-refractivity contribution in [2.45, 2.75) is 219 Å². The number of rotatable bonds is 15. The first kappa shape index (κ1) is 68.8. The Morgan fingerprint density at radius 2 is 1.60 bits per heavy atom. The number of fused-ring (bicyclic) bond motifs is 3. The van der Waals surface area contributed by atoms with Crippen molar-refractivity contribution >= 4 is 41.1 Å². The molecule has 1 unspecified atom stereocenters. The van der Waals surface area contributed by atoms with Crippen LogP contribution in [-0.4, -0.2) is 173 Å². The summed E-state index contributed by atoms with van der Waals surface area (Å²) in [4.78, 5) is 101. The number of methoxy groups -OCH3 is 3. The second-order valence-corrected chi connectivity index (χ2v) is 24.6. The van der Waals surface area contributed by atoms with Gasteiger partial charge in [0.05, 0.1) is 37.1 Å². The second kappa shape index (κ2) is 31.9. The summed E-state index contributed by atoms with van der Waals surface area (Å²) in [5.41, 5.74) is 1.99. The van der Waals surface area contributed by atoms with Gasteiger partial charge in [0, 0.05) is 76.4 Å². The van der Waals surface area contributed by atoms with E-state index in [-0.39, 0.29) is 49.5 Å². The summed E-state index contributed by atoms with van der Waals surface area (Å²) < 4.78 is 35.1. The minimum Gasteiger partial charge on any atom is -0.464 e. The van der Waals surface area contributed by atoms with Crippen molar-refractivity contribution in [3.8, 4) is 0 Å². The van der Waals surface area contributed by atoms with Gasteiger partial charge in [-0.2, -0.15) is 0 Å². The number of aliphatic hydroxyl groups is 3. The van der Waals surface area contributed by atoms with Gasteiger partial charge in [-0.3, -0.25) is 29.0 Å². The van der Waals surface area contributed by atoms with Crippen LogP contribution < -0.4 is 0 Å². The molecule has 19 nitrogen and oxygen atoms in total. The number of likely N-dealkylation sites (tertiary alicyclic amines) is 1. The van der Waals surface area contributed by atoms with Gasteiger partial charge in [-0.1, -0.05) is 71.4 Å². The molecule has 2 bridgehead atoms. The number of aromatic nitrogens is 1. The molecule has 15 atom stereocenters. The number of esters is 2. The van der Waals surface area contributed by atoms with Gasteiger partial charge >= 0.3 is 11.9 Å². The number of carbonyl (C=O) groups excluding carboxylic acids is 7. The van der Waals surface area contributed by atoms with Crippen LogP contribution in [0.25, 0.3) is 0 Å². The van der Waals surface area contributed by atoms with Crippen molar-refractivity contribution < 1.29 is 77.3 Å². The van der Waals surface area contributed by atoms with Crippen molar-refractivity contribution in [2.24, 2.45) is 35.0 Å². The normalized spacial score (nSPS) is 33.5. The lowest BCUT2D eigenvalue weighted by molar-refractivity contribution is -0.302. The van der Waals surface area contributed by atoms with Gasteiger partial charge in [-0.15, -0.1) is 6.58 Å². The fraction of sp³-hybridized carbons (Fsp3) is 0.719. The number of cyclic esters (lactones) is 1. The maximum atomic E-state index is 14.3. The summed E-state index contributed by atoms with van der Waals surface area (Å²) in [5.74, 6) is -9.17. The zero-order chi connectivity index (χ0) is 61.3. The number of hydrogen-bond acceptors (Lipinski definition) is 17. The number of hydrogen-bond donors (Lipinski definition) is 3. The fourth-order valence-corrected chi connectivity index (χ4v) is 12.4. The maximum Gasteiger partial charge on any atom is 0.329 e. The first-order valence-electron chi connectivity index (χ1n) is 30.2. The quantitative estimate of drug-likeness (QED) is 0.0679. The second-order valence-electron chi connectivity index (χ2n) is 24.6. The Kier molecular flexibility index (Phi) is 26.4. The van der Waals surface area contributed by atoms with Crippen LogP contribution in [0.2, 0.25) is 0 Å². The number of piperidine rings is 1. The third-order valence-corrected chi connectivity index (χ3v) is 17.9. The number of ether oxygens (including phenoxy) is 6. The molecule has 1 aliphatic carbocycles. The van der Waals surface area contributed by atoms with Crippen LogP contribution in [0.3, 0.4) is 0 Å². The van der Waals surface area contributed by atoms with E-state index < -0.39 is 113 Å². The molecule has 3 N–H and O–H groups in total. The van der Waals surface area contributed by atoms with Crippen LogP contribution in [-0.2, 0) is 68.4 Å². The summed E-state index contributed by atoms with van der Waals surface area (Å²) in [7, 11) is 4.61. The topological polar surface area (TPSA) is 255 Å². The number of Topliss-reactive ketones (excluding diaryl/α,β-unsaturated/α-hetero) is 3. The molecule has 1 aromatic rings. The van der Waals surface area contributed by atoms with Crippen molar-refractivity contribution in [1.29, 1.82) is 0 Å². The van der Waals surface area contributed by atoms with E-state index in [1.54, 1.807) is 53.3 Å². The van der Waals surface area contributed by atoms with E-state index in [1.807, 2.05) is 52.0 Å². The lowest BCUT2D eigenvalue weighted by Gasteiger charge is -2.47. The number of carbonyl (C=O) groups is 7. The summed E-state index contributed by atoms with van der Waals surface area (Å²) in [5, 5.41) is 34.1. The molecule has 1 saturated carbocycles. The molecule has 3 saturated heterocycles. The monoisotopic (exact) mass is 1160 g/mol. The van der Waals surface area contributed by atoms with Gasteiger partial charge in [0.15, 0.2) is 0 Å². The van der Waals surface area contributed by atoms with Gasteiger partial charge in [-0.05, 0) is 139 Å². The van der Waals surface area contributed by atoms with Crippen molar-refractivity contribution in [1.82, 2.24) is 14.8 Å². The smallest absolute Gasteiger partial charge is 0.329 e. The summed E-state index contributed by atoms with van der Waals surface area (Å²) in [6, 6.07) is 2.07. The van der Waals surface area contributed by atoms with E-state index in [9.17, 15) is 48.9 Å². The number of ketones is 3. The van der Waals surface area contributed by atoms with Gasteiger partial charge in [-0.25, -0.2) is 9.59 Å². The standard InChI is InChI=1S/C44H69NO12.C20H28N2O4/c1-10-13-31-19-25(2)18-26(3)20-37(54-8)40-38(55-9)22-28(5)44(52,57-40)41(49)42(50)45-17-12-11-14-32(45)43(51)56-39(29(6)34(47)24-35(31)48)27(4)21-30-15-16-33(46)36(23-30)53-7;1-4-20(2,3)17(23)18(24)22-12-6-10-16(22)19(25)26-13-7-9-15-8-5-11-21-14-15/h10,19,21,26,28-34,36-40,46-47,52H,1,11-18,20,22-24H2,2-9H3;5,8,11,14,16H,4,6-7,9-10,12-13H2,1-3H3/b25-19+,27-21+;/t26-,28+,29+,30-,31+,32-,33+,34-,36+,37-,38-,39+,40+,44+;/m0./s1. The Morgan fingerprint density at radius 1 is 0.904 bits per heavy atom. The third-order valence-electron chi connectivity index (χ3n) is 17.9. The molecule has 4 fully saturated rings. The molecule has 6 rings (SSSR count). The Labute approximate surface area is 492 Å². The van der Waals surface area contributed by atoms with Crippen molar-refractivity contribution in [2.75, 3.05) is 41.0 Å². The molecule has 83 heavy (non-hydrogen) atoms. The molecule has 5 aliphatic rings. The number of aryl methyl sites for hydroxylation is 1. The Morgan fingerprint density at radius 3 is 2.25 bits per heavy atom. The fourth-order valence-electron chi connectivity index (χ4n) is 12.4. The van der Waals surface area contributed by atoms with E-state index in [4.69, 9.17) is 28.4 Å². The van der Waals surface area contributed by atoms with Gasteiger partial charge < -0.3 is 53.5 Å². The Balaban J connectivity index is 0.000000403. The highest BCUT2D eigenvalue weighted by atomic mass is 16.7. The van der Waals surface area contributed by atoms with Crippen LogP contribution in [0.1, 0.15) is 157 Å². The molecule has 0 radical (unpaired) electrons. The highest BCUT2D eigenvalue weighted by Gasteiger charge is 2.57. The minimum absolute atomic E-state index is 0.00988. The van der Waals surface area contributed by atoms with E-state index >= 15 is 0 Å². The van der Waals surface area contributed by atoms with Gasteiger partial charge in [0.1, 0.15) is 30.1 Å². The van der Waals surface area contributed by atoms with E-state index in [2.05, 4.69) is 11.6 Å². The maximum absolute atomic E-state index is 14.3. The molecule has 2 amide bonds.